The van der Waals surface area contributed by atoms with Gasteiger partial charge in [0, 0.05) is 25.7 Å². The minimum absolute atomic E-state index is 0.229. The lowest BCUT2D eigenvalue weighted by Crippen LogP contribution is -2.47. The molecule has 5 heteroatoms. The van der Waals surface area contributed by atoms with Gasteiger partial charge in [-0.15, -0.1) is 0 Å². The van der Waals surface area contributed by atoms with Crippen molar-refractivity contribution < 1.29 is 14.3 Å². The van der Waals surface area contributed by atoms with Crippen molar-refractivity contribution in [1.82, 2.24) is 10.6 Å². The Hall–Kier alpha value is -0.810. The van der Waals surface area contributed by atoms with Crippen molar-refractivity contribution in [3.63, 3.8) is 0 Å². The maximum atomic E-state index is 11.6. The third-order valence-corrected chi connectivity index (χ3v) is 2.72. The normalized spacial score (nSPS) is 14.8. The van der Waals surface area contributed by atoms with Crippen molar-refractivity contribution in [3.8, 4) is 0 Å². The predicted octanol–water partition coefficient (Wildman–Crippen LogP) is 2.30. The number of rotatable bonds is 8. The molecule has 0 spiro atoms. The Morgan fingerprint density at radius 1 is 1.16 bits per heavy atom. The second kappa shape index (κ2) is 9.15. The van der Waals surface area contributed by atoms with E-state index >= 15 is 0 Å². The van der Waals surface area contributed by atoms with E-state index in [0.717, 1.165) is 12.8 Å². The molecule has 0 saturated carbocycles. The standard InChI is InChI=1S/C14H30N2O3/c1-7-11(16-12(8-2)10-18-6)9-15-13(17)19-14(3,4)5/h11-12,16H,7-10H2,1-6H3,(H,15,17). The highest BCUT2D eigenvalue weighted by Gasteiger charge is 2.18. The number of amides is 1. The first-order valence-electron chi connectivity index (χ1n) is 7.04. The van der Waals surface area contributed by atoms with E-state index < -0.39 is 5.60 Å². The van der Waals surface area contributed by atoms with Crippen molar-refractivity contribution >= 4 is 6.09 Å². The van der Waals surface area contributed by atoms with Crippen molar-refractivity contribution in [3.05, 3.63) is 0 Å². The Morgan fingerprint density at radius 2 is 1.74 bits per heavy atom. The molecule has 0 saturated heterocycles. The van der Waals surface area contributed by atoms with E-state index in [0.29, 0.717) is 19.2 Å². The molecule has 5 nitrogen and oxygen atoms in total. The summed E-state index contributed by atoms with van der Waals surface area (Å²) < 4.78 is 10.4. The van der Waals surface area contributed by atoms with Crippen LogP contribution in [0.25, 0.3) is 0 Å². The predicted molar refractivity (Wildman–Crippen MR) is 77.4 cm³/mol. The third-order valence-electron chi connectivity index (χ3n) is 2.72. The fraction of sp³-hybridized carbons (Fsp3) is 0.929. The summed E-state index contributed by atoms with van der Waals surface area (Å²) in [5.74, 6) is 0. The van der Waals surface area contributed by atoms with Crippen LogP contribution >= 0.6 is 0 Å². The largest absolute Gasteiger partial charge is 0.444 e. The van der Waals surface area contributed by atoms with Gasteiger partial charge in [0.15, 0.2) is 0 Å². The first-order valence-corrected chi connectivity index (χ1v) is 7.04. The average Bonchev–Trinajstić information content (AvgIpc) is 2.30. The van der Waals surface area contributed by atoms with E-state index in [4.69, 9.17) is 9.47 Å². The molecule has 114 valence electrons. The van der Waals surface area contributed by atoms with E-state index in [2.05, 4.69) is 24.5 Å². The minimum Gasteiger partial charge on any atom is -0.444 e. The van der Waals surface area contributed by atoms with Crippen molar-refractivity contribution in [2.75, 3.05) is 20.3 Å². The molecule has 0 aliphatic carbocycles. The summed E-state index contributed by atoms with van der Waals surface area (Å²) in [6.07, 6.45) is 1.57. The highest BCUT2D eigenvalue weighted by atomic mass is 16.6. The summed E-state index contributed by atoms with van der Waals surface area (Å²) in [5, 5.41) is 6.27. The molecular formula is C14H30N2O3. The van der Waals surface area contributed by atoms with E-state index in [-0.39, 0.29) is 12.1 Å². The van der Waals surface area contributed by atoms with Crippen LogP contribution in [0.3, 0.4) is 0 Å². The zero-order chi connectivity index (χ0) is 14.9. The molecule has 0 bridgehead atoms. The second-order valence-electron chi connectivity index (χ2n) is 5.72. The molecular weight excluding hydrogens is 244 g/mol. The number of carbonyl (C=O) groups excluding carboxylic acids is 1. The van der Waals surface area contributed by atoms with Crippen LogP contribution in [0.5, 0.6) is 0 Å². The van der Waals surface area contributed by atoms with Crippen LogP contribution in [0.2, 0.25) is 0 Å². The van der Waals surface area contributed by atoms with Gasteiger partial charge in [-0.1, -0.05) is 13.8 Å². The lowest BCUT2D eigenvalue weighted by Gasteiger charge is -2.25. The molecule has 0 aliphatic heterocycles. The van der Waals surface area contributed by atoms with Crippen molar-refractivity contribution in [2.45, 2.75) is 65.1 Å². The molecule has 1 amide bonds. The van der Waals surface area contributed by atoms with E-state index in [1.54, 1.807) is 7.11 Å². The van der Waals surface area contributed by atoms with Crippen LogP contribution in [-0.4, -0.2) is 44.0 Å². The summed E-state index contributed by atoms with van der Waals surface area (Å²) in [6.45, 7) is 11.0. The number of nitrogens with one attached hydrogen (secondary N) is 2. The van der Waals surface area contributed by atoms with Crippen LogP contribution in [0.15, 0.2) is 0 Å². The smallest absolute Gasteiger partial charge is 0.407 e. The number of ether oxygens (including phenoxy) is 2. The second-order valence-corrected chi connectivity index (χ2v) is 5.72. The van der Waals surface area contributed by atoms with Crippen LogP contribution in [0, 0.1) is 0 Å². The number of hydrogen-bond acceptors (Lipinski definition) is 4. The van der Waals surface area contributed by atoms with Gasteiger partial charge < -0.3 is 20.1 Å². The fourth-order valence-corrected chi connectivity index (χ4v) is 1.66. The SMILES string of the molecule is CCC(CNC(=O)OC(C)(C)C)NC(CC)COC. The maximum absolute atomic E-state index is 11.6. The van der Waals surface area contributed by atoms with Crippen molar-refractivity contribution in [2.24, 2.45) is 0 Å². The van der Waals surface area contributed by atoms with E-state index in [9.17, 15) is 4.79 Å². The third kappa shape index (κ3) is 9.73. The van der Waals surface area contributed by atoms with Crippen LogP contribution in [0.4, 0.5) is 4.79 Å². The quantitative estimate of drug-likeness (QED) is 0.713. The summed E-state index contributed by atoms with van der Waals surface area (Å²) in [6, 6.07) is 0.544. The maximum Gasteiger partial charge on any atom is 0.407 e. The Balaban J connectivity index is 4.08. The van der Waals surface area contributed by atoms with Gasteiger partial charge in [0.1, 0.15) is 5.60 Å². The van der Waals surface area contributed by atoms with Gasteiger partial charge in [-0.25, -0.2) is 4.79 Å². The van der Waals surface area contributed by atoms with Gasteiger partial charge in [-0.05, 0) is 33.6 Å². The number of hydrogen-bond donors (Lipinski definition) is 2. The fourth-order valence-electron chi connectivity index (χ4n) is 1.66. The summed E-state index contributed by atoms with van der Waals surface area (Å²) in [4.78, 5) is 11.6. The van der Waals surface area contributed by atoms with Crippen LogP contribution in [-0.2, 0) is 9.47 Å². The molecule has 0 aromatic carbocycles. The molecule has 2 atom stereocenters. The summed E-state index contributed by atoms with van der Waals surface area (Å²) in [7, 11) is 1.70. The average molecular weight is 274 g/mol. The van der Waals surface area contributed by atoms with Crippen molar-refractivity contribution in [1.29, 1.82) is 0 Å². The molecule has 0 fully saturated rings. The topological polar surface area (TPSA) is 59.6 Å². The Labute approximate surface area is 117 Å². The number of carbonyl (C=O) groups is 1. The van der Waals surface area contributed by atoms with Gasteiger partial charge in [0.2, 0.25) is 0 Å². The monoisotopic (exact) mass is 274 g/mol. The van der Waals surface area contributed by atoms with Gasteiger partial charge in [-0.3, -0.25) is 0 Å². The highest BCUT2D eigenvalue weighted by Crippen LogP contribution is 2.06. The van der Waals surface area contributed by atoms with E-state index in [1.165, 1.54) is 0 Å². The molecule has 0 rings (SSSR count). The molecule has 0 aromatic rings. The van der Waals surface area contributed by atoms with Gasteiger partial charge >= 0.3 is 6.09 Å². The molecule has 2 N–H and O–H groups in total. The Morgan fingerprint density at radius 3 is 2.16 bits per heavy atom. The van der Waals surface area contributed by atoms with Gasteiger partial charge in [0.05, 0.1) is 6.61 Å². The molecule has 19 heavy (non-hydrogen) atoms. The Bertz CT molecular complexity index is 252. The van der Waals surface area contributed by atoms with Gasteiger partial charge in [-0.2, -0.15) is 0 Å². The molecule has 0 aliphatic rings. The molecule has 0 aromatic heterocycles. The summed E-state index contributed by atoms with van der Waals surface area (Å²) in [5.41, 5.74) is -0.457. The van der Waals surface area contributed by atoms with Crippen LogP contribution < -0.4 is 10.6 Å². The van der Waals surface area contributed by atoms with E-state index in [1.807, 2.05) is 20.8 Å². The van der Waals surface area contributed by atoms with Gasteiger partial charge in [0.25, 0.3) is 0 Å². The first-order chi connectivity index (χ1) is 8.82. The number of methoxy groups -OCH3 is 1. The zero-order valence-corrected chi connectivity index (χ0v) is 13.2. The lowest BCUT2D eigenvalue weighted by molar-refractivity contribution is 0.0520. The molecule has 0 radical (unpaired) electrons. The number of alkyl carbamates (subject to hydrolysis) is 1. The lowest BCUT2D eigenvalue weighted by atomic mass is 10.1. The summed E-state index contributed by atoms with van der Waals surface area (Å²) >= 11 is 0. The molecule has 2 unspecified atom stereocenters. The van der Waals surface area contributed by atoms with Crippen LogP contribution in [0.1, 0.15) is 47.5 Å². The first kappa shape index (κ1) is 18.2. The zero-order valence-electron chi connectivity index (χ0n) is 13.2. The minimum atomic E-state index is -0.457. The highest BCUT2D eigenvalue weighted by molar-refractivity contribution is 5.67. The molecule has 0 heterocycles. The Kier molecular flexibility index (Phi) is 8.76.